The lowest BCUT2D eigenvalue weighted by atomic mass is 10.0. The van der Waals surface area contributed by atoms with Crippen LogP contribution in [0.5, 0.6) is 17.2 Å². The molecular weight excluding hydrogens is 262 g/mol. The molecule has 20 heavy (non-hydrogen) atoms. The predicted octanol–water partition coefficient (Wildman–Crippen LogP) is 1.67. The van der Waals surface area contributed by atoms with Gasteiger partial charge in [-0.3, -0.25) is 4.79 Å². The Labute approximate surface area is 118 Å². The average molecular weight is 283 g/mol. The summed E-state index contributed by atoms with van der Waals surface area (Å²) in [5.41, 5.74) is 6.71. The lowest BCUT2D eigenvalue weighted by molar-refractivity contribution is -0.143. The number of hydrogen-bond donors (Lipinski definition) is 1. The van der Waals surface area contributed by atoms with Crippen molar-refractivity contribution in [3.05, 3.63) is 17.7 Å². The highest BCUT2D eigenvalue weighted by Crippen LogP contribution is 2.37. The fraction of sp³-hybridized carbons (Fsp3) is 0.500. The Balaban J connectivity index is 3.05. The van der Waals surface area contributed by atoms with Crippen LogP contribution in [-0.4, -0.2) is 33.9 Å². The maximum Gasteiger partial charge on any atom is 0.307 e. The topological polar surface area (TPSA) is 80.0 Å². The fourth-order valence-corrected chi connectivity index (χ4v) is 1.85. The number of ether oxygens (including phenoxy) is 4. The molecule has 0 aliphatic heterocycles. The number of esters is 1. The van der Waals surface area contributed by atoms with Crippen LogP contribution in [0, 0.1) is 0 Å². The van der Waals surface area contributed by atoms with E-state index in [4.69, 9.17) is 24.7 Å². The summed E-state index contributed by atoms with van der Waals surface area (Å²) in [5, 5.41) is 0. The molecule has 0 radical (unpaired) electrons. The molecule has 0 spiro atoms. The molecule has 6 nitrogen and oxygen atoms in total. The van der Waals surface area contributed by atoms with Crippen LogP contribution in [0.15, 0.2) is 12.1 Å². The second-order valence-electron chi connectivity index (χ2n) is 4.06. The van der Waals surface area contributed by atoms with Crippen molar-refractivity contribution >= 4 is 5.97 Å². The first kappa shape index (κ1) is 16.1. The molecule has 0 saturated carbocycles. The molecule has 0 aliphatic carbocycles. The van der Waals surface area contributed by atoms with Gasteiger partial charge in [-0.1, -0.05) is 0 Å². The Kier molecular flexibility index (Phi) is 6.11. The maximum atomic E-state index is 11.5. The van der Waals surface area contributed by atoms with Crippen molar-refractivity contribution < 1.29 is 23.7 Å². The highest BCUT2D eigenvalue weighted by Gasteiger charge is 2.20. The number of carbonyl (C=O) groups excluding carboxylic acids is 1. The van der Waals surface area contributed by atoms with Crippen LogP contribution in [0.1, 0.15) is 24.9 Å². The molecule has 0 saturated heterocycles. The van der Waals surface area contributed by atoms with Gasteiger partial charge in [-0.05, 0) is 13.0 Å². The normalized spacial score (nSPS) is 11.7. The van der Waals surface area contributed by atoms with Gasteiger partial charge in [-0.25, -0.2) is 0 Å². The number of rotatable bonds is 7. The van der Waals surface area contributed by atoms with Crippen LogP contribution in [0.2, 0.25) is 0 Å². The second kappa shape index (κ2) is 7.59. The second-order valence-corrected chi connectivity index (χ2v) is 4.06. The van der Waals surface area contributed by atoms with Gasteiger partial charge in [-0.15, -0.1) is 0 Å². The highest BCUT2D eigenvalue weighted by atomic mass is 16.5. The molecule has 1 atom stereocenters. The molecule has 0 unspecified atom stereocenters. The number of carbonyl (C=O) groups is 1. The van der Waals surface area contributed by atoms with Gasteiger partial charge in [0.05, 0.1) is 34.4 Å². The Hall–Kier alpha value is -1.95. The molecule has 6 heteroatoms. The quantitative estimate of drug-likeness (QED) is 0.767. The van der Waals surface area contributed by atoms with Gasteiger partial charge in [0.25, 0.3) is 0 Å². The third kappa shape index (κ3) is 3.77. The van der Waals surface area contributed by atoms with E-state index in [1.165, 1.54) is 21.3 Å². The van der Waals surface area contributed by atoms with E-state index in [0.29, 0.717) is 29.4 Å². The van der Waals surface area contributed by atoms with E-state index in [9.17, 15) is 4.79 Å². The standard InChI is InChI=1S/C14H21NO5/c1-5-20-14(16)7-10(15)9-6-12(18-3)13(19-4)8-11(9)17-2/h6,8,10H,5,7,15H2,1-4H3/t10-/m1/s1. The number of nitrogens with two attached hydrogens (primary N) is 1. The zero-order chi connectivity index (χ0) is 15.1. The Morgan fingerprint density at radius 2 is 1.65 bits per heavy atom. The highest BCUT2D eigenvalue weighted by molar-refractivity contribution is 5.71. The molecule has 0 bridgehead atoms. The minimum absolute atomic E-state index is 0.0691. The first-order valence-electron chi connectivity index (χ1n) is 6.28. The largest absolute Gasteiger partial charge is 0.496 e. The van der Waals surface area contributed by atoms with Crippen molar-refractivity contribution in [2.75, 3.05) is 27.9 Å². The molecule has 1 rings (SSSR count). The van der Waals surface area contributed by atoms with Crippen LogP contribution < -0.4 is 19.9 Å². The third-order valence-electron chi connectivity index (χ3n) is 2.83. The minimum atomic E-state index is -0.538. The van der Waals surface area contributed by atoms with Crippen molar-refractivity contribution in [3.63, 3.8) is 0 Å². The minimum Gasteiger partial charge on any atom is -0.496 e. The van der Waals surface area contributed by atoms with Crippen molar-refractivity contribution in [2.24, 2.45) is 5.73 Å². The molecule has 112 valence electrons. The summed E-state index contributed by atoms with van der Waals surface area (Å²) in [4.78, 5) is 11.5. The SMILES string of the molecule is CCOC(=O)C[C@@H](N)c1cc(OC)c(OC)cc1OC. The van der Waals surface area contributed by atoms with Gasteiger partial charge < -0.3 is 24.7 Å². The summed E-state index contributed by atoms with van der Waals surface area (Å²) < 4.78 is 20.6. The van der Waals surface area contributed by atoms with Crippen molar-refractivity contribution in [1.29, 1.82) is 0 Å². The van der Waals surface area contributed by atoms with Crippen LogP contribution in [-0.2, 0) is 9.53 Å². The van der Waals surface area contributed by atoms with Gasteiger partial charge in [0.2, 0.25) is 0 Å². The number of benzene rings is 1. The van der Waals surface area contributed by atoms with Gasteiger partial charge in [0, 0.05) is 17.7 Å². The van der Waals surface area contributed by atoms with E-state index in [2.05, 4.69) is 0 Å². The summed E-state index contributed by atoms with van der Waals surface area (Å²) in [6.45, 7) is 2.08. The summed E-state index contributed by atoms with van der Waals surface area (Å²) in [6.07, 6.45) is 0.0691. The van der Waals surface area contributed by atoms with Gasteiger partial charge in [0.15, 0.2) is 11.5 Å². The lowest BCUT2D eigenvalue weighted by Crippen LogP contribution is -2.18. The first-order valence-corrected chi connectivity index (χ1v) is 6.28. The summed E-state index contributed by atoms with van der Waals surface area (Å²) in [6, 6.07) is 2.85. The summed E-state index contributed by atoms with van der Waals surface area (Å²) in [5.74, 6) is 1.26. The zero-order valence-corrected chi connectivity index (χ0v) is 12.3. The zero-order valence-electron chi connectivity index (χ0n) is 12.3. The molecule has 0 aromatic heterocycles. The lowest BCUT2D eigenvalue weighted by Gasteiger charge is -2.18. The van der Waals surface area contributed by atoms with E-state index >= 15 is 0 Å². The van der Waals surface area contributed by atoms with E-state index in [1.807, 2.05) is 0 Å². The Morgan fingerprint density at radius 3 is 2.15 bits per heavy atom. The Bertz CT molecular complexity index is 461. The van der Waals surface area contributed by atoms with Crippen LogP contribution in [0.4, 0.5) is 0 Å². The Morgan fingerprint density at radius 1 is 1.10 bits per heavy atom. The van der Waals surface area contributed by atoms with Gasteiger partial charge in [0.1, 0.15) is 5.75 Å². The molecule has 2 N–H and O–H groups in total. The van der Waals surface area contributed by atoms with Crippen molar-refractivity contribution in [3.8, 4) is 17.2 Å². The van der Waals surface area contributed by atoms with E-state index in [1.54, 1.807) is 19.1 Å². The summed E-state index contributed by atoms with van der Waals surface area (Å²) >= 11 is 0. The fourth-order valence-electron chi connectivity index (χ4n) is 1.85. The molecule has 1 aromatic rings. The maximum absolute atomic E-state index is 11.5. The van der Waals surface area contributed by atoms with E-state index in [-0.39, 0.29) is 12.4 Å². The van der Waals surface area contributed by atoms with Crippen LogP contribution in [0.3, 0.4) is 0 Å². The van der Waals surface area contributed by atoms with Crippen LogP contribution in [0.25, 0.3) is 0 Å². The predicted molar refractivity (Wildman–Crippen MR) is 74.3 cm³/mol. The monoisotopic (exact) mass is 283 g/mol. The number of methoxy groups -OCH3 is 3. The average Bonchev–Trinajstić information content (AvgIpc) is 2.45. The smallest absolute Gasteiger partial charge is 0.307 e. The van der Waals surface area contributed by atoms with Gasteiger partial charge in [-0.2, -0.15) is 0 Å². The molecule has 0 amide bonds. The van der Waals surface area contributed by atoms with Crippen LogP contribution >= 0.6 is 0 Å². The van der Waals surface area contributed by atoms with E-state index < -0.39 is 6.04 Å². The van der Waals surface area contributed by atoms with E-state index in [0.717, 1.165) is 0 Å². The summed E-state index contributed by atoms with van der Waals surface area (Å²) in [7, 11) is 4.60. The number of hydrogen-bond acceptors (Lipinski definition) is 6. The molecule has 0 fully saturated rings. The molecule has 0 heterocycles. The molecule has 1 aromatic carbocycles. The molecular formula is C14H21NO5. The molecule has 0 aliphatic rings. The first-order chi connectivity index (χ1) is 9.57. The third-order valence-corrected chi connectivity index (χ3v) is 2.83. The van der Waals surface area contributed by atoms with Crippen molar-refractivity contribution in [2.45, 2.75) is 19.4 Å². The van der Waals surface area contributed by atoms with Crippen molar-refractivity contribution in [1.82, 2.24) is 0 Å². The van der Waals surface area contributed by atoms with Gasteiger partial charge >= 0.3 is 5.97 Å².